The number of methoxy groups -OCH3 is 1. The second-order valence-electron chi connectivity index (χ2n) is 4.37. The summed E-state index contributed by atoms with van der Waals surface area (Å²) in [6, 6.07) is 0. The molecule has 0 aliphatic carbocycles. The van der Waals surface area contributed by atoms with Gasteiger partial charge in [0.2, 0.25) is 5.89 Å². The van der Waals surface area contributed by atoms with Crippen molar-refractivity contribution in [2.45, 2.75) is 38.9 Å². The second kappa shape index (κ2) is 4.44. The zero-order valence-corrected chi connectivity index (χ0v) is 10.3. The third-order valence-electron chi connectivity index (χ3n) is 3.33. The van der Waals surface area contributed by atoms with Crippen LogP contribution in [0.25, 0.3) is 0 Å². The molecule has 1 fully saturated rings. The molecule has 0 N–H and O–H groups in total. The summed E-state index contributed by atoms with van der Waals surface area (Å²) in [5.41, 5.74) is 0. The maximum absolute atomic E-state index is 11.2. The van der Waals surface area contributed by atoms with Crippen molar-refractivity contribution < 1.29 is 18.7 Å². The molecule has 94 valence electrons. The SMILES string of the molecule is COC(=O)c1nnc(C2C(C)OC(C)C2C)o1. The topological polar surface area (TPSA) is 74.5 Å². The molecule has 0 aromatic carbocycles. The average Bonchev–Trinajstić information content (AvgIpc) is 2.85. The molecule has 17 heavy (non-hydrogen) atoms. The number of esters is 1. The summed E-state index contributed by atoms with van der Waals surface area (Å²) in [5.74, 6) is 0.0130. The van der Waals surface area contributed by atoms with Crippen LogP contribution in [0.1, 0.15) is 43.3 Å². The number of aromatic nitrogens is 2. The summed E-state index contributed by atoms with van der Waals surface area (Å²) in [7, 11) is 1.28. The first-order chi connectivity index (χ1) is 8.04. The highest BCUT2D eigenvalue weighted by atomic mass is 16.5. The minimum Gasteiger partial charge on any atom is -0.462 e. The van der Waals surface area contributed by atoms with E-state index >= 15 is 0 Å². The Morgan fingerprint density at radius 2 is 1.94 bits per heavy atom. The smallest absolute Gasteiger partial charge is 0.396 e. The lowest BCUT2D eigenvalue weighted by Crippen LogP contribution is -2.15. The van der Waals surface area contributed by atoms with Gasteiger partial charge in [-0.1, -0.05) is 6.92 Å². The van der Waals surface area contributed by atoms with Gasteiger partial charge in [0, 0.05) is 0 Å². The van der Waals surface area contributed by atoms with Crippen LogP contribution in [-0.2, 0) is 9.47 Å². The van der Waals surface area contributed by atoms with Crippen molar-refractivity contribution in [1.29, 1.82) is 0 Å². The highest BCUT2D eigenvalue weighted by molar-refractivity contribution is 5.83. The Bertz CT molecular complexity index is 417. The first-order valence-electron chi connectivity index (χ1n) is 5.61. The number of carbonyl (C=O) groups excluding carboxylic acids is 1. The van der Waals surface area contributed by atoms with E-state index in [0.717, 1.165) is 0 Å². The lowest BCUT2D eigenvalue weighted by molar-refractivity contribution is 0.0522. The molecule has 6 nitrogen and oxygen atoms in total. The van der Waals surface area contributed by atoms with Crippen LogP contribution in [0.3, 0.4) is 0 Å². The molecule has 0 amide bonds. The summed E-state index contributed by atoms with van der Waals surface area (Å²) in [5, 5.41) is 7.58. The van der Waals surface area contributed by atoms with E-state index in [-0.39, 0.29) is 29.9 Å². The molecule has 2 rings (SSSR count). The fourth-order valence-electron chi connectivity index (χ4n) is 2.23. The van der Waals surface area contributed by atoms with Crippen molar-refractivity contribution in [2.24, 2.45) is 5.92 Å². The number of ether oxygens (including phenoxy) is 2. The molecular formula is C11H16N2O4. The van der Waals surface area contributed by atoms with Gasteiger partial charge in [-0.2, -0.15) is 0 Å². The van der Waals surface area contributed by atoms with Crippen molar-refractivity contribution in [2.75, 3.05) is 7.11 Å². The molecule has 1 aliphatic heterocycles. The quantitative estimate of drug-likeness (QED) is 0.727. The van der Waals surface area contributed by atoms with E-state index < -0.39 is 5.97 Å². The van der Waals surface area contributed by atoms with Gasteiger partial charge >= 0.3 is 11.9 Å². The fourth-order valence-corrected chi connectivity index (χ4v) is 2.23. The maximum Gasteiger partial charge on any atom is 0.396 e. The van der Waals surface area contributed by atoms with Crippen LogP contribution in [0.2, 0.25) is 0 Å². The Hall–Kier alpha value is -1.43. The Morgan fingerprint density at radius 3 is 2.47 bits per heavy atom. The predicted molar refractivity (Wildman–Crippen MR) is 57.6 cm³/mol. The van der Waals surface area contributed by atoms with Crippen LogP contribution in [0, 0.1) is 5.92 Å². The summed E-state index contributed by atoms with van der Waals surface area (Å²) in [6.45, 7) is 6.05. The molecule has 1 saturated heterocycles. The van der Waals surface area contributed by atoms with Crippen LogP contribution in [0.5, 0.6) is 0 Å². The highest BCUT2D eigenvalue weighted by Gasteiger charge is 2.41. The van der Waals surface area contributed by atoms with Gasteiger partial charge in [0.1, 0.15) is 0 Å². The lowest BCUT2D eigenvalue weighted by Gasteiger charge is -2.13. The van der Waals surface area contributed by atoms with Gasteiger partial charge in [0.05, 0.1) is 25.2 Å². The van der Waals surface area contributed by atoms with E-state index in [2.05, 4.69) is 21.9 Å². The minimum atomic E-state index is -0.615. The van der Waals surface area contributed by atoms with E-state index in [1.807, 2.05) is 13.8 Å². The van der Waals surface area contributed by atoms with Crippen molar-refractivity contribution in [3.8, 4) is 0 Å². The molecule has 2 heterocycles. The van der Waals surface area contributed by atoms with Gasteiger partial charge in [-0.3, -0.25) is 0 Å². The van der Waals surface area contributed by atoms with Crippen LogP contribution in [-0.4, -0.2) is 35.5 Å². The molecule has 1 aromatic heterocycles. The second-order valence-corrected chi connectivity index (χ2v) is 4.37. The predicted octanol–water partition coefficient (Wildman–Crippen LogP) is 1.38. The number of rotatable bonds is 2. The molecule has 6 heteroatoms. The highest BCUT2D eigenvalue weighted by Crippen LogP contribution is 2.39. The van der Waals surface area contributed by atoms with Crippen molar-refractivity contribution in [1.82, 2.24) is 10.2 Å². The Kier molecular flexibility index (Phi) is 3.15. The van der Waals surface area contributed by atoms with Crippen LogP contribution in [0.15, 0.2) is 4.42 Å². The average molecular weight is 240 g/mol. The molecule has 0 saturated carbocycles. The molecular weight excluding hydrogens is 224 g/mol. The van der Waals surface area contributed by atoms with Gasteiger partial charge < -0.3 is 13.9 Å². The van der Waals surface area contributed by atoms with Gasteiger partial charge in [0.25, 0.3) is 0 Å². The molecule has 0 bridgehead atoms. The zero-order chi connectivity index (χ0) is 12.6. The Morgan fingerprint density at radius 1 is 1.24 bits per heavy atom. The molecule has 1 aromatic rings. The van der Waals surface area contributed by atoms with Crippen molar-refractivity contribution in [3.05, 3.63) is 11.8 Å². The molecule has 4 atom stereocenters. The maximum atomic E-state index is 11.2. The lowest BCUT2D eigenvalue weighted by atomic mass is 9.89. The van der Waals surface area contributed by atoms with E-state index in [9.17, 15) is 4.79 Å². The van der Waals surface area contributed by atoms with E-state index in [0.29, 0.717) is 5.89 Å². The third kappa shape index (κ3) is 2.04. The van der Waals surface area contributed by atoms with Gasteiger partial charge in [-0.05, 0) is 19.8 Å². The van der Waals surface area contributed by atoms with Crippen molar-refractivity contribution >= 4 is 5.97 Å². The summed E-state index contributed by atoms with van der Waals surface area (Å²) in [4.78, 5) is 11.2. The van der Waals surface area contributed by atoms with E-state index in [1.54, 1.807) is 0 Å². The van der Waals surface area contributed by atoms with E-state index in [1.165, 1.54) is 7.11 Å². The number of carbonyl (C=O) groups is 1. The molecule has 1 aliphatic rings. The number of hydrogen-bond acceptors (Lipinski definition) is 6. The molecule has 0 spiro atoms. The first kappa shape index (κ1) is 12.0. The standard InChI is InChI=1S/C11H16N2O4/c1-5-6(2)16-7(3)8(5)9-12-13-10(17-9)11(14)15-4/h5-8H,1-4H3. The van der Waals surface area contributed by atoms with Crippen molar-refractivity contribution in [3.63, 3.8) is 0 Å². The van der Waals surface area contributed by atoms with Crippen LogP contribution < -0.4 is 0 Å². The first-order valence-corrected chi connectivity index (χ1v) is 5.61. The minimum absolute atomic E-state index is 0.00551. The van der Waals surface area contributed by atoms with Gasteiger partial charge in [-0.25, -0.2) is 4.79 Å². The normalized spacial score (nSPS) is 32.7. The Labute approximate surface area is 99.3 Å². The van der Waals surface area contributed by atoms with Gasteiger partial charge in [0.15, 0.2) is 0 Å². The largest absolute Gasteiger partial charge is 0.462 e. The zero-order valence-electron chi connectivity index (χ0n) is 10.3. The fraction of sp³-hybridized carbons (Fsp3) is 0.727. The summed E-state index contributed by atoms with van der Waals surface area (Å²) < 4.78 is 15.5. The van der Waals surface area contributed by atoms with E-state index in [4.69, 9.17) is 9.15 Å². The van der Waals surface area contributed by atoms with Crippen LogP contribution >= 0.6 is 0 Å². The third-order valence-corrected chi connectivity index (χ3v) is 3.33. The summed E-state index contributed by atoms with van der Waals surface area (Å²) in [6.07, 6.45) is 0.148. The summed E-state index contributed by atoms with van der Waals surface area (Å²) >= 11 is 0. The van der Waals surface area contributed by atoms with Gasteiger partial charge in [-0.15, -0.1) is 10.2 Å². The number of nitrogens with zero attached hydrogens (tertiary/aromatic N) is 2. The number of hydrogen-bond donors (Lipinski definition) is 0. The Balaban J connectivity index is 2.23. The molecule has 4 unspecified atom stereocenters. The van der Waals surface area contributed by atoms with Crippen LogP contribution in [0.4, 0.5) is 0 Å². The molecule has 0 radical (unpaired) electrons. The monoisotopic (exact) mass is 240 g/mol.